The summed E-state index contributed by atoms with van der Waals surface area (Å²) in [5.41, 5.74) is 1.81. The number of ether oxygens (including phenoxy) is 1. The van der Waals surface area contributed by atoms with Gasteiger partial charge in [-0.2, -0.15) is 5.10 Å². The van der Waals surface area contributed by atoms with Gasteiger partial charge in [0.1, 0.15) is 12.4 Å². The van der Waals surface area contributed by atoms with E-state index in [4.69, 9.17) is 4.74 Å². The van der Waals surface area contributed by atoms with Crippen molar-refractivity contribution in [1.29, 1.82) is 0 Å². The van der Waals surface area contributed by atoms with Crippen molar-refractivity contribution in [3.05, 3.63) is 47.8 Å². The van der Waals surface area contributed by atoms with Crippen LogP contribution in [0.1, 0.15) is 50.6 Å². The summed E-state index contributed by atoms with van der Waals surface area (Å²) >= 11 is 0. The maximum atomic E-state index is 9.45. The first-order chi connectivity index (χ1) is 9.60. The molecule has 0 aliphatic rings. The summed E-state index contributed by atoms with van der Waals surface area (Å²) in [5, 5.41) is 13.9. The van der Waals surface area contributed by atoms with E-state index in [0.717, 1.165) is 23.4 Å². The molecule has 108 valence electrons. The molecule has 20 heavy (non-hydrogen) atoms. The fraction of sp³-hybridized carbons (Fsp3) is 0.438. The molecule has 0 spiro atoms. The van der Waals surface area contributed by atoms with Gasteiger partial charge in [0.2, 0.25) is 0 Å². The van der Waals surface area contributed by atoms with E-state index in [1.807, 2.05) is 41.2 Å². The van der Waals surface area contributed by atoms with Crippen molar-refractivity contribution in [3.8, 4) is 5.75 Å². The molecular weight excluding hydrogens is 252 g/mol. The van der Waals surface area contributed by atoms with Crippen LogP contribution in [0.3, 0.4) is 0 Å². The molecule has 0 saturated carbocycles. The van der Waals surface area contributed by atoms with Crippen LogP contribution in [0.4, 0.5) is 0 Å². The van der Waals surface area contributed by atoms with Crippen LogP contribution in [-0.2, 0) is 6.61 Å². The van der Waals surface area contributed by atoms with E-state index in [1.54, 1.807) is 6.92 Å². The van der Waals surface area contributed by atoms with E-state index < -0.39 is 6.10 Å². The van der Waals surface area contributed by atoms with Gasteiger partial charge < -0.3 is 9.84 Å². The summed E-state index contributed by atoms with van der Waals surface area (Å²) in [7, 11) is 0. The maximum Gasteiger partial charge on any atom is 0.132 e. The zero-order valence-electron chi connectivity index (χ0n) is 12.3. The number of aliphatic hydroxyl groups is 1. The van der Waals surface area contributed by atoms with Crippen LogP contribution in [0.2, 0.25) is 0 Å². The summed E-state index contributed by atoms with van der Waals surface area (Å²) in [6, 6.07) is 9.88. The number of aliphatic hydroxyl groups excluding tert-OH is 1. The third kappa shape index (κ3) is 3.61. The Morgan fingerprint density at radius 2 is 1.90 bits per heavy atom. The third-order valence-electron chi connectivity index (χ3n) is 3.46. The van der Waals surface area contributed by atoms with Gasteiger partial charge in [-0.25, -0.2) is 0 Å². The molecule has 0 fully saturated rings. The molecule has 4 heteroatoms. The monoisotopic (exact) mass is 274 g/mol. The van der Waals surface area contributed by atoms with Gasteiger partial charge in [0.15, 0.2) is 0 Å². The minimum Gasteiger partial charge on any atom is -0.487 e. The van der Waals surface area contributed by atoms with E-state index in [0.29, 0.717) is 12.6 Å². The van der Waals surface area contributed by atoms with Crippen LogP contribution in [0.15, 0.2) is 36.5 Å². The van der Waals surface area contributed by atoms with Gasteiger partial charge >= 0.3 is 0 Å². The average molecular weight is 274 g/mol. The lowest BCUT2D eigenvalue weighted by Gasteiger charge is -2.09. The predicted octanol–water partition coefficient (Wildman–Crippen LogP) is 3.49. The molecule has 0 aliphatic heterocycles. The zero-order chi connectivity index (χ0) is 14.5. The Hall–Kier alpha value is -1.81. The molecule has 1 aromatic heterocycles. The molecule has 2 rings (SSSR count). The Morgan fingerprint density at radius 1 is 1.20 bits per heavy atom. The lowest BCUT2D eigenvalue weighted by Crippen LogP contribution is -2.05. The van der Waals surface area contributed by atoms with Crippen LogP contribution in [-0.4, -0.2) is 14.9 Å². The zero-order valence-corrected chi connectivity index (χ0v) is 12.3. The summed E-state index contributed by atoms with van der Waals surface area (Å²) in [6.07, 6.45) is 2.60. The summed E-state index contributed by atoms with van der Waals surface area (Å²) in [4.78, 5) is 0. The second-order valence-electron chi connectivity index (χ2n) is 5.08. The van der Waals surface area contributed by atoms with Crippen LogP contribution in [0.5, 0.6) is 5.75 Å². The minimum atomic E-state index is -0.449. The van der Waals surface area contributed by atoms with Crippen molar-refractivity contribution in [1.82, 2.24) is 9.78 Å². The lowest BCUT2D eigenvalue weighted by molar-refractivity contribution is 0.199. The minimum absolute atomic E-state index is 0.411. The standard InChI is InChI=1S/C16H22N2O2/c1-4-12(2)18-10-9-15(17-18)11-20-16-7-5-14(6-8-16)13(3)19/h5-10,12-13,19H,4,11H2,1-3H3. The molecule has 2 aromatic rings. The molecule has 2 unspecified atom stereocenters. The van der Waals surface area contributed by atoms with Crippen molar-refractivity contribution in [2.24, 2.45) is 0 Å². The number of hydrogen-bond donors (Lipinski definition) is 1. The first-order valence-electron chi connectivity index (χ1n) is 7.05. The molecule has 4 nitrogen and oxygen atoms in total. The molecule has 0 aliphatic carbocycles. The third-order valence-corrected chi connectivity index (χ3v) is 3.46. The second-order valence-corrected chi connectivity index (χ2v) is 5.08. The number of aromatic nitrogens is 2. The van der Waals surface area contributed by atoms with Gasteiger partial charge in [-0.3, -0.25) is 4.68 Å². The van der Waals surface area contributed by atoms with Gasteiger partial charge in [-0.15, -0.1) is 0 Å². The van der Waals surface area contributed by atoms with Gasteiger partial charge in [-0.1, -0.05) is 19.1 Å². The summed E-state index contributed by atoms with van der Waals surface area (Å²) < 4.78 is 7.66. The van der Waals surface area contributed by atoms with E-state index >= 15 is 0 Å². The molecule has 1 heterocycles. The smallest absolute Gasteiger partial charge is 0.132 e. The van der Waals surface area contributed by atoms with Gasteiger partial charge in [-0.05, 0) is 44.0 Å². The SMILES string of the molecule is CCC(C)n1ccc(COc2ccc(C(C)O)cc2)n1. The molecule has 0 saturated heterocycles. The van der Waals surface area contributed by atoms with Crippen molar-refractivity contribution >= 4 is 0 Å². The molecular formula is C16H22N2O2. The quantitative estimate of drug-likeness (QED) is 0.877. The maximum absolute atomic E-state index is 9.45. The summed E-state index contributed by atoms with van der Waals surface area (Å²) in [6.45, 7) is 6.49. The number of benzene rings is 1. The molecule has 1 N–H and O–H groups in total. The summed E-state index contributed by atoms with van der Waals surface area (Å²) in [5.74, 6) is 0.785. The predicted molar refractivity (Wildman–Crippen MR) is 78.6 cm³/mol. The Morgan fingerprint density at radius 3 is 2.50 bits per heavy atom. The number of hydrogen-bond acceptors (Lipinski definition) is 3. The normalized spacial score (nSPS) is 14.0. The highest BCUT2D eigenvalue weighted by molar-refractivity contribution is 5.28. The second kappa shape index (κ2) is 6.57. The Kier molecular flexibility index (Phi) is 4.79. The average Bonchev–Trinajstić information content (AvgIpc) is 2.93. The van der Waals surface area contributed by atoms with Crippen LogP contribution < -0.4 is 4.74 Å². The highest BCUT2D eigenvalue weighted by atomic mass is 16.5. The van der Waals surface area contributed by atoms with Gasteiger partial charge in [0, 0.05) is 12.2 Å². The Labute approximate surface area is 120 Å². The van der Waals surface area contributed by atoms with Crippen LogP contribution in [0, 0.1) is 0 Å². The first kappa shape index (κ1) is 14.6. The van der Waals surface area contributed by atoms with Crippen molar-refractivity contribution in [3.63, 3.8) is 0 Å². The Bertz CT molecular complexity index is 532. The number of nitrogens with zero attached hydrogens (tertiary/aromatic N) is 2. The highest BCUT2D eigenvalue weighted by Crippen LogP contribution is 2.18. The van der Waals surface area contributed by atoms with E-state index in [-0.39, 0.29) is 0 Å². The topological polar surface area (TPSA) is 47.3 Å². The fourth-order valence-electron chi connectivity index (χ4n) is 1.89. The Balaban J connectivity index is 1.93. The number of rotatable bonds is 6. The van der Waals surface area contributed by atoms with Crippen LogP contribution in [0.25, 0.3) is 0 Å². The lowest BCUT2D eigenvalue weighted by atomic mass is 10.1. The van der Waals surface area contributed by atoms with Crippen molar-refractivity contribution in [2.75, 3.05) is 0 Å². The molecule has 0 radical (unpaired) electrons. The van der Waals surface area contributed by atoms with E-state index in [9.17, 15) is 5.11 Å². The molecule has 0 bridgehead atoms. The fourth-order valence-corrected chi connectivity index (χ4v) is 1.89. The van der Waals surface area contributed by atoms with E-state index in [2.05, 4.69) is 18.9 Å². The largest absolute Gasteiger partial charge is 0.487 e. The van der Waals surface area contributed by atoms with Crippen LogP contribution >= 0.6 is 0 Å². The highest BCUT2D eigenvalue weighted by Gasteiger charge is 2.05. The first-order valence-corrected chi connectivity index (χ1v) is 7.05. The molecule has 2 atom stereocenters. The van der Waals surface area contributed by atoms with Crippen molar-refractivity contribution < 1.29 is 9.84 Å². The molecule has 0 amide bonds. The molecule has 1 aromatic carbocycles. The van der Waals surface area contributed by atoms with Crippen molar-refractivity contribution in [2.45, 2.75) is 45.9 Å². The van der Waals surface area contributed by atoms with Gasteiger partial charge in [0.05, 0.1) is 11.8 Å². The van der Waals surface area contributed by atoms with Gasteiger partial charge in [0.25, 0.3) is 0 Å². The van der Waals surface area contributed by atoms with E-state index in [1.165, 1.54) is 0 Å².